The molecule has 2 aromatic heterocycles. The number of halogens is 1. The minimum atomic E-state index is 0.304. The molecule has 0 aromatic carbocycles. The summed E-state index contributed by atoms with van der Waals surface area (Å²) in [5.41, 5.74) is 3.52. The van der Waals surface area contributed by atoms with Crippen LogP contribution in [0.25, 0.3) is 0 Å². The van der Waals surface area contributed by atoms with Crippen molar-refractivity contribution >= 4 is 22.9 Å². The predicted octanol–water partition coefficient (Wildman–Crippen LogP) is 3.95. The van der Waals surface area contributed by atoms with Gasteiger partial charge in [-0.1, -0.05) is 18.5 Å². The van der Waals surface area contributed by atoms with Gasteiger partial charge in [0.15, 0.2) is 0 Å². The predicted molar refractivity (Wildman–Crippen MR) is 86.9 cm³/mol. The van der Waals surface area contributed by atoms with Gasteiger partial charge >= 0.3 is 0 Å². The van der Waals surface area contributed by atoms with E-state index in [1.54, 1.807) is 4.68 Å². The normalized spacial score (nSPS) is 12.9. The highest BCUT2D eigenvalue weighted by molar-refractivity contribution is 7.12. The molecule has 2 rings (SSSR count). The first-order chi connectivity index (χ1) is 9.43. The molecule has 0 saturated heterocycles. The molecule has 1 atom stereocenters. The Labute approximate surface area is 130 Å². The minimum Gasteiger partial charge on any atom is -0.309 e. The molecule has 0 spiro atoms. The monoisotopic (exact) mass is 311 g/mol. The fraction of sp³-hybridized carbons (Fsp3) is 0.533. The number of rotatable bonds is 5. The van der Waals surface area contributed by atoms with Crippen molar-refractivity contribution in [3.63, 3.8) is 0 Å². The van der Waals surface area contributed by atoms with Crippen LogP contribution >= 0.6 is 22.9 Å². The number of thiophene rings is 1. The quantitative estimate of drug-likeness (QED) is 0.906. The molecule has 0 radical (unpaired) electrons. The Hall–Kier alpha value is -0.840. The molecule has 0 saturated carbocycles. The van der Waals surface area contributed by atoms with Crippen LogP contribution in [0.15, 0.2) is 6.07 Å². The maximum Gasteiger partial charge on any atom is 0.130 e. The second-order valence-electron chi connectivity index (χ2n) is 5.18. The average molecular weight is 312 g/mol. The van der Waals surface area contributed by atoms with Crippen molar-refractivity contribution in [1.82, 2.24) is 15.1 Å². The fourth-order valence-corrected chi connectivity index (χ4v) is 3.77. The van der Waals surface area contributed by atoms with E-state index >= 15 is 0 Å². The second kappa shape index (κ2) is 6.29. The molecule has 2 aromatic rings. The molecule has 0 fully saturated rings. The first-order valence-corrected chi connectivity index (χ1v) is 8.11. The van der Waals surface area contributed by atoms with Crippen LogP contribution in [-0.4, -0.2) is 16.3 Å². The molecule has 2 heterocycles. The Morgan fingerprint density at radius 2 is 2.10 bits per heavy atom. The summed E-state index contributed by atoms with van der Waals surface area (Å²) in [6.45, 7) is 9.44. The van der Waals surface area contributed by atoms with E-state index in [-0.39, 0.29) is 0 Å². The topological polar surface area (TPSA) is 29.9 Å². The third kappa shape index (κ3) is 3.08. The zero-order valence-corrected chi connectivity index (χ0v) is 14.3. The molecule has 1 N–H and O–H groups in total. The third-order valence-electron chi connectivity index (χ3n) is 3.66. The van der Waals surface area contributed by atoms with Crippen molar-refractivity contribution in [2.75, 3.05) is 6.54 Å². The highest BCUT2D eigenvalue weighted by Gasteiger charge is 2.19. The summed E-state index contributed by atoms with van der Waals surface area (Å²) in [4.78, 5) is 2.76. The lowest BCUT2D eigenvalue weighted by Crippen LogP contribution is -2.22. The van der Waals surface area contributed by atoms with Gasteiger partial charge in [0.2, 0.25) is 0 Å². The molecular formula is C15H22ClN3S. The standard InChI is InChI=1S/C15H22ClN3S/c1-6-17-13(14-7-9(2)11(4)20-14)8-12-10(3)18-19(5)15(12)16/h7,13,17H,6,8H2,1-5H3. The second-order valence-corrected chi connectivity index (χ2v) is 6.83. The van der Waals surface area contributed by atoms with Crippen LogP contribution < -0.4 is 5.32 Å². The Kier molecular flexibility index (Phi) is 4.89. The average Bonchev–Trinajstić information content (AvgIpc) is 2.83. The van der Waals surface area contributed by atoms with Crippen LogP contribution in [0.2, 0.25) is 5.15 Å². The van der Waals surface area contributed by atoms with Crippen LogP contribution in [0.5, 0.6) is 0 Å². The number of nitrogens with zero attached hydrogens (tertiary/aromatic N) is 2. The smallest absolute Gasteiger partial charge is 0.130 e. The van der Waals surface area contributed by atoms with Crippen LogP contribution in [-0.2, 0) is 13.5 Å². The minimum absolute atomic E-state index is 0.304. The molecule has 0 aliphatic carbocycles. The Morgan fingerprint density at radius 3 is 2.55 bits per heavy atom. The first kappa shape index (κ1) is 15.5. The highest BCUT2D eigenvalue weighted by Crippen LogP contribution is 2.31. The van der Waals surface area contributed by atoms with Crippen molar-refractivity contribution < 1.29 is 0 Å². The van der Waals surface area contributed by atoms with Gasteiger partial charge in [0.1, 0.15) is 5.15 Å². The Balaban J connectivity index is 2.30. The van der Waals surface area contributed by atoms with E-state index in [0.717, 1.165) is 29.4 Å². The lowest BCUT2D eigenvalue weighted by atomic mass is 10.0. The largest absolute Gasteiger partial charge is 0.309 e. The van der Waals surface area contributed by atoms with Crippen molar-refractivity contribution in [1.29, 1.82) is 0 Å². The maximum absolute atomic E-state index is 6.36. The van der Waals surface area contributed by atoms with E-state index < -0.39 is 0 Å². The Bertz CT molecular complexity index is 581. The van der Waals surface area contributed by atoms with E-state index in [1.165, 1.54) is 15.3 Å². The lowest BCUT2D eigenvalue weighted by Gasteiger charge is -2.16. The van der Waals surface area contributed by atoms with Crippen molar-refractivity contribution in [3.05, 3.63) is 37.8 Å². The fourth-order valence-electron chi connectivity index (χ4n) is 2.40. The van der Waals surface area contributed by atoms with Crippen molar-refractivity contribution in [2.24, 2.45) is 7.05 Å². The van der Waals surface area contributed by atoms with Crippen LogP contribution in [0.4, 0.5) is 0 Å². The van der Waals surface area contributed by atoms with Gasteiger partial charge in [-0.25, -0.2) is 0 Å². The van der Waals surface area contributed by atoms with E-state index in [1.807, 2.05) is 25.3 Å². The highest BCUT2D eigenvalue weighted by atomic mass is 35.5. The van der Waals surface area contributed by atoms with Crippen LogP contribution in [0, 0.1) is 20.8 Å². The summed E-state index contributed by atoms with van der Waals surface area (Å²) >= 11 is 8.23. The van der Waals surface area contributed by atoms with Gasteiger partial charge in [-0.05, 0) is 45.4 Å². The zero-order chi connectivity index (χ0) is 14.9. The van der Waals surface area contributed by atoms with Crippen molar-refractivity contribution in [3.8, 4) is 0 Å². The van der Waals surface area contributed by atoms with Crippen LogP contribution in [0.3, 0.4) is 0 Å². The summed E-state index contributed by atoms with van der Waals surface area (Å²) < 4.78 is 1.75. The van der Waals surface area contributed by atoms with E-state index in [2.05, 4.69) is 37.3 Å². The molecule has 0 bridgehead atoms. The van der Waals surface area contributed by atoms with Gasteiger partial charge in [-0.2, -0.15) is 5.10 Å². The number of aromatic nitrogens is 2. The number of likely N-dealkylation sites (N-methyl/N-ethyl adjacent to an activating group) is 1. The molecule has 0 aliphatic heterocycles. The van der Waals surface area contributed by atoms with E-state index in [0.29, 0.717) is 6.04 Å². The van der Waals surface area contributed by atoms with Gasteiger partial charge in [0, 0.05) is 28.4 Å². The van der Waals surface area contributed by atoms with Crippen molar-refractivity contribution in [2.45, 2.75) is 40.2 Å². The summed E-state index contributed by atoms with van der Waals surface area (Å²) in [5.74, 6) is 0. The molecule has 3 nitrogen and oxygen atoms in total. The van der Waals surface area contributed by atoms with Gasteiger partial charge in [0.05, 0.1) is 5.69 Å². The molecular weight excluding hydrogens is 290 g/mol. The van der Waals surface area contributed by atoms with Gasteiger partial charge in [0.25, 0.3) is 0 Å². The number of nitrogens with one attached hydrogen (secondary N) is 1. The van der Waals surface area contributed by atoms with Gasteiger partial charge in [-0.15, -0.1) is 11.3 Å². The zero-order valence-electron chi connectivity index (χ0n) is 12.7. The number of aryl methyl sites for hydroxylation is 4. The van der Waals surface area contributed by atoms with Gasteiger partial charge in [-0.3, -0.25) is 4.68 Å². The van der Waals surface area contributed by atoms with Gasteiger partial charge < -0.3 is 5.32 Å². The Morgan fingerprint density at radius 1 is 1.40 bits per heavy atom. The molecule has 110 valence electrons. The maximum atomic E-state index is 6.36. The molecule has 0 aliphatic rings. The van der Waals surface area contributed by atoms with E-state index in [4.69, 9.17) is 11.6 Å². The molecule has 5 heteroatoms. The summed E-state index contributed by atoms with van der Waals surface area (Å²) in [6, 6.07) is 2.59. The summed E-state index contributed by atoms with van der Waals surface area (Å²) in [5, 5.41) is 8.71. The summed E-state index contributed by atoms with van der Waals surface area (Å²) in [7, 11) is 1.89. The lowest BCUT2D eigenvalue weighted by molar-refractivity contribution is 0.557. The first-order valence-electron chi connectivity index (χ1n) is 6.92. The molecule has 20 heavy (non-hydrogen) atoms. The van der Waals surface area contributed by atoms with Crippen LogP contribution in [0.1, 0.15) is 39.5 Å². The number of hydrogen-bond donors (Lipinski definition) is 1. The molecule has 0 amide bonds. The summed E-state index contributed by atoms with van der Waals surface area (Å²) in [6.07, 6.45) is 0.881. The molecule has 1 unspecified atom stereocenters. The number of hydrogen-bond acceptors (Lipinski definition) is 3. The SMILES string of the molecule is CCNC(Cc1c(C)nn(C)c1Cl)c1cc(C)c(C)s1. The third-order valence-corrected chi connectivity index (χ3v) is 5.40. The van der Waals surface area contributed by atoms with E-state index in [9.17, 15) is 0 Å².